The van der Waals surface area contributed by atoms with Gasteiger partial charge in [-0.05, 0) is 37.1 Å². The number of likely N-dealkylation sites (tertiary alicyclic amines) is 1. The normalized spacial score (nSPS) is 20.0. The number of carbonyl (C=O) groups excluding carboxylic acids is 2. The number of thioether (sulfide) groups is 1. The minimum Gasteiger partial charge on any atom is -0.338 e. The van der Waals surface area contributed by atoms with Gasteiger partial charge in [0, 0.05) is 36.9 Å². The lowest BCUT2D eigenvalue weighted by atomic mass is 9.99. The fourth-order valence-corrected chi connectivity index (χ4v) is 4.94. The maximum atomic E-state index is 13.0. The van der Waals surface area contributed by atoms with Gasteiger partial charge in [0.1, 0.15) is 5.82 Å². The second-order valence-corrected chi connectivity index (χ2v) is 8.20. The molecule has 0 aliphatic carbocycles. The van der Waals surface area contributed by atoms with Crippen LogP contribution in [0.2, 0.25) is 0 Å². The molecule has 2 amide bonds. The first-order valence-corrected chi connectivity index (χ1v) is 9.42. The van der Waals surface area contributed by atoms with Crippen LogP contribution in [-0.4, -0.2) is 51.9 Å². The fraction of sp³-hybridized carbons (Fsp3) is 0.556. The lowest BCUT2D eigenvalue weighted by molar-refractivity contribution is -0.137. The summed E-state index contributed by atoms with van der Waals surface area (Å²) in [5.74, 6) is 0.770. The first-order chi connectivity index (χ1) is 11.4. The van der Waals surface area contributed by atoms with Crippen LogP contribution < -0.4 is 0 Å². The minimum absolute atomic E-state index is 0.000508. The van der Waals surface area contributed by atoms with Crippen LogP contribution in [0.15, 0.2) is 24.3 Å². The van der Waals surface area contributed by atoms with Gasteiger partial charge < -0.3 is 9.80 Å². The molecule has 0 atom stereocenters. The molecule has 1 spiro atoms. The molecule has 4 nitrogen and oxygen atoms in total. The van der Waals surface area contributed by atoms with E-state index < -0.39 is 0 Å². The van der Waals surface area contributed by atoms with Crippen LogP contribution in [0.1, 0.15) is 37.0 Å². The number of hydrogen-bond acceptors (Lipinski definition) is 3. The van der Waals surface area contributed by atoms with Crippen molar-refractivity contribution in [1.82, 2.24) is 9.80 Å². The van der Waals surface area contributed by atoms with Gasteiger partial charge in [0.25, 0.3) is 5.91 Å². The molecule has 0 radical (unpaired) electrons. The Labute approximate surface area is 146 Å². The maximum absolute atomic E-state index is 13.0. The highest BCUT2D eigenvalue weighted by Crippen LogP contribution is 2.44. The van der Waals surface area contributed by atoms with Gasteiger partial charge in [-0.25, -0.2) is 4.39 Å². The molecule has 2 aliphatic rings. The molecule has 1 aromatic carbocycles. The van der Waals surface area contributed by atoms with Crippen LogP contribution in [0.25, 0.3) is 0 Å². The van der Waals surface area contributed by atoms with Gasteiger partial charge in [0.05, 0.1) is 4.87 Å². The lowest BCUT2D eigenvalue weighted by Crippen LogP contribution is -2.54. The molecule has 2 aliphatic heterocycles. The Balaban J connectivity index is 1.67. The Morgan fingerprint density at radius 1 is 1.12 bits per heavy atom. The Kier molecular flexibility index (Phi) is 4.85. The number of carbonyl (C=O) groups is 2. The summed E-state index contributed by atoms with van der Waals surface area (Å²) < 4.78 is 13.0. The van der Waals surface area contributed by atoms with E-state index >= 15 is 0 Å². The first-order valence-electron chi connectivity index (χ1n) is 8.43. The molecule has 6 heteroatoms. The van der Waals surface area contributed by atoms with E-state index in [4.69, 9.17) is 0 Å². The number of rotatable bonds is 2. The first kappa shape index (κ1) is 17.3. The van der Waals surface area contributed by atoms with Gasteiger partial charge in [0.2, 0.25) is 5.91 Å². The van der Waals surface area contributed by atoms with E-state index in [2.05, 4.69) is 0 Å². The van der Waals surface area contributed by atoms with Crippen LogP contribution in [-0.2, 0) is 4.79 Å². The van der Waals surface area contributed by atoms with E-state index in [0.29, 0.717) is 18.7 Å². The van der Waals surface area contributed by atoms with Gasteiger partial charge in [0.15, 0.2) is 0 Å². The highest BCUT2D eigenvalue weighted by atomic mass is 32.2. The molecule has 24 heavy (non-hydrogen) atoms. The summed E-state index contributed by atoms with van der Waals surface area (Å²) in [7, 11) is 0. The van der Waals surface area contributed by atoms with Crippen LogP contribution in [0.5, 0.6) is 0 Å². The topological polar surface area (TPSA) is 40.6 Å². The van der Waals surface area contributed by atoms with Crippen molar-refractivity contribution in [1.29, 1.82) is 0 Å². The highest BCUT2D eigenvalue weighted by Gasteiger charge is 2.47. The van der Waals surface area contributed by atoms with E-state index in [1.165, 1.54) is 24.3 Å². The van der Waals surface area contributed by atoms with Gasteiger partial charge in [-0.3, -0.25) is 9.59 Å². The van der Waals surface area contributed by atoms with E-state index in [1.807, 2.05) is 35.4 Å². The van der Waals surface area contributed by atoms with E-state index in [9.17, 15) is 14.0 Å². The number of nitrogens with zero attached hydrogens (tertiary/aromatic N) is 2. The molecule has 2 fully saturated rings. The zero-order valence-electron chi connectivity index (χ0n) is 14.1. The van der Waals surface area contributed by atoms with Crippen LogP contribution in [0.3, 0.4) is 0 Å². The van der Waals surface area contributed by atoms with Crippen molar-refractivity contribution < 1.29 is 14.0 Å². The summed E-state index contributed by atoms with van der Waals surface area (Å²) in [6, 6.07) is 5.69. The molecule has 2 heterocycles. The maximum Gasteiger partial charge on any atom is 0.253 e. The number of benzene rings is 1. The zero-order valence-corrected chi connectivity index (χ0v) is 14.9. The van der Waals surface area contributed by atoms with Gasteiger partial charge in [-0.15, -0.1) is 11.8 Å². The van der Waals surface area contributed by atoms with Crippen molar-refractivity contribution in [2.75, 3.05) is 25.4 Å². The summed E-state index contributed by atoms with van der Waals surface area (Å²) in [4.78, 5) is 28.7. The van der Waals surface area contributed by atoms with Gasteiger partial charge >= 0.3 is 0 Å². The van der Waals surface area contributed by atoms with Crippen molar-refractivity contribution in [2.45, 2.75) is 31.6 Å². The summed E-state index contributed by atoms with van der Waals surface area (Å²) in [5, 5.41) is 0. The highest BCUT2D eigenvalue weighted by molar-refractivity contribution is 8.00. The third-order valence-electron chi connectivity index (χ3n) is 4.86. The number of halogens is 1. The SMILES string of the molecule is CC(C)C(=O)N1CCSC12CCN(C(=O)c1ccc(F)cc1)CC2. The third-order valence-corrected chi connectivity index (χ3v) is 6.41. The van der Waals surface area contributed by atoms with Crippen molar-refractivity contribution >= 4 is 23.6 Å². The molecule has 1 aromatic rings. The average molecular weight is 350 g/mol. The van der Waals surface area contributed by atoms with Crippen molar-refractivity contribution in [3.05, 3.63) is 35.6 Å². The number of piperidine rings is 1. The van der Waals surface area contributed by atoms with Crippen LogP contribution in [0, 0.1) is 11.7 Å². The summed E-state index contributed by atoms with van der Waals surface area (Å²) in [6.45, 7) is 5.93. The summed E-state index contributed by atoms with van der Waals surface area (Å²) >= 11 is 1.85. The molecule has 0 unspecified atom stereocenters. The molecule has 0 aromatic heterocycles. The molecule has 3 rings (SSSR count). The Morgan fingerprint density at radius 3 is 2.33 bits per heavy atom. The Hall–Kier alpha value is -1.56. The van der Waals surface area contributed by atoms with Crippen LogP contribution >= 0.6 is 11.8 Å². The van der Waals surface area contributed by atoms with Crippen molar-refractivity contribution in [3.63, 3.8) is 0 Å². The molecular formula is C18H23FN2O2S. The summed E-state index contributed by atoms with van der Waals surface area (Å²) in [5.41, 5.74) is 0.515. The number of hydrogen-bond donors (Lipinski definition) is 0. The quantitative estimate of drug-likeness (QED) is 0.823. The molecular weight excluding hydrogens is 327 g/mol. The predicted octanol–water partition coefficient (Wildman–Crippen LogP) is 2.99. The third kappa shape index (κ3) is 3.16. The predicted molar refractivity (Wildman–Crippen MR) is 93.3 cm³/mol. The minimum atomic E-state index is -0.339. The molecule has 2 saturated heterocycles. The number of amides is 2. The van der Waals surface area contributed by atoms with Gasteiger partial charge in [-0.1, -0.05) is 13.8 Å². The standard InChI is InChI=1S/C18H23FN2O2S/c1-13(2)16(22)21-11-12-24-18(21)7-9-20(10-8-18)17(23)14-3-5-15(19)6-4-14/h3-6,13H,7-12H2,1-2H3. The molecule has 0 bridgehead atoms. The lowest BCUT2D eigenvalue weighted by Gasteiger charge is -2.44. The Morgan fingerprint density at radius 2 is 1.75 bits per heavy atom. The fourth-order valence-electron chi connectivity index (χ4n) is 3.48. The van der Waals surface area contributed by atoms with E-state index in [1.54, 1.807) is 0 Å². The van der Waals surface area contributed by atoms with E-state index in [0.717, 1.165) is 25.1 Å². The largest absolute Gasteiger partial charge is 0.338 e. The second-order valence-electron chi connectivity index (χ2n) is 6.74. The average Bonchev–Trinajstić information content (AvgIpc) is 2.98. The molecule has 130 valence electrons. The van der Waals surface area contributed by atoms with Gasteiger partial charge in [-0.2, -0.15) is 0 Å². The zero-order chi connectivity index (χ0) is 17.3. The Bertz CT molecular complexity index is 624. The van der Waals surface area contributed by atoms with Crippen LogP contribution in [0.4, 0.5) is 4.39 Å². The van der Waals surface area contributed by atoms with Crippen molar-refractivity contribution in [3.8, 4) is 0 Å². The van der Waals surface area contributed by atoms with E-state index in [-0.39, 0.29) is 28.4 Å². The van der Waals surface area contributed by atoms with Crippen molar-refractivity contribution in [2.24, 2.45) is 5.92 Å². The molecule has 0 N–H and O–H groups in total. The second kappa shape index (κ2) is 6.75. The smallest absolute Gasteiger partial charge is 0.253 e. The molecule has 0 saturated carbocycles. The monoisotopic (exact) mass is 350 g/mol. The summed E-state index contributed by atoms with van der Waals surface area (Å²) in [6.07, 6.45) is 1.59.